The van der Waals surface area contributed by atoms with Gasteiger partial charge in [0, 0.05) is 26.2 Å². The number of hydrogen-bond donors (Lipinski definition) is 0. The number of nitrogens with zero attached hydrogens (tertiary/aromatic N) is 3. The third-order valence-electron chi connectivity index (χ3n) is 4.04. The predicted octanol–water partition coefficient (Wildman–Crippen LogP) is 3.31. The number of hydrogen-bond acceptors (Lipinski definition) is 5. The van der Waals surface area contributed by atoms with Crippen molar-refractivity contribution < 1.29 is 13.9 Å². The molecular formula is C19H19FN3O2. The van der Waals surface area contributed by atoms with Gasteiger partial charge in [0.25, 0.3) is 0 Å². The Hall–Kier alpha value is -2.65. The molecule has 1 aliphatic rings. The molecule has 3 rings (SSSR count). The summed E-state index contributed by atoms with van der Waals surface area (Å²) < 4.78 is 25.2. The summed E-state index contributed by atoms with van der Waals surface area (Å²) in [5.41, 5.74) is 0.905. The van der Waals surface area contributed by atoms with Gasteiger partial charge in [-0.25, -0.2) is 9.37 Å². The Morgan fingerprint density at radius 1 is 1.28 bits per heavy atom. The molecule has 0 unspecified atom stereocenters. The SMILES string of the molecule is [CH2]N1CCC(Oc2cccc(COc3ccc(C#N)cc3F)n2)CC1. The summed E-state index contributed by atoms with van der Waals surface area (Å²) in [5, 5.41) is 8.75. The van der Waals surface area contributed by atoms with Crippen LogP contribution in [-0.4, -0.2) is 29.1 Å². The first-order valence-electron chi connectivity index (χ1n) is 8.14. The topological polar surface area (TPSA) is 58.4 Å². The summed E-state index contributed by atoms with van der Waals surface area (Å²) in [6.45, 7) is 1.94. The van der Waals surface area contributed by atoms with Crippen LogP contribution in [0, 0.1) is 24.2 Å². The van der Waals surface area contributed by atoms with Crippen LogP contribution in [0.2, 0.25) is 0 Å². The van der Waals surface area contributed by atoms with E-state index in [4.69, 9.17) is 14.7 Å². The van der Waals surface area contributed by atoms with Crippen molar-refractivity contribution in [1.29, 1.82) is 5.26 Å². The van der Waals surface area contributed by atoms with Crippen LogP contribution in [-0.2, 0) is 6.61 Å². The summed E-state index contributed by atoms with van der Waals surface area (Å²) in [7, 11) is 3.92. The number of halogens is 1. The maximum atomic E-state index is 13.8. The van der Waals surface area contributed by atoms with E-state index in [1.807, 2.05) is 23.1 Å². The lowest BCUT2D eigenvalue weighted by Gasteiger charge is -2.28. The molecular weight excluding hydrogens is 321 g/mol. The lowest BCUT2D eigenvalue weighted by molar-refractivity contribution is 0.116. The van der Waals surface area contributed by atoms with Crippen LogP contribution in [0.4, 0.5) is 4.39 Å². The van der Waals surface area contributed by atoms with Gasteiger partial charge in [-0.15, -0.1) is 0 Å². The standard InChI is InChI=1S/C19H19FN3O2/c1-23-9-7-16(8-10-23)25-19-4-2-3-15(22-19)13-24-18-6-5-14(12-21)11-17(18)20/h2-6,11,16H,1,7-10,13H2. The van der Waals surface area contributed by atoms with Crippen LogP contribution >= 0.6 is 0 Å². The highest BCUT2D eigenvalue weighted by Gasteiger charge is 2.18. The molecule has 129 valence electrons. The number of piperidine rings is 1. The second-order valence-electron chi connectivity index (χ2n) is 5.95. The van der Waals surface area contributed by atoms with Gasteiger partial charge in [-0.05, 0) is 37.1 Å². The summed E-state index contributed by atoms with van der Waals surface area (Å²) in [4.78, 5) is 6.44. The zero-order chi connectivity index (χ0) is 17.6. The molecule has 1 saturated heterocycles. The summed E-state index contributed by atoms with van der Waals surface area (Å²) in [6.07, 6.45) is 1.97. The van der Waals surface area contributed by atoms with Gasteiger partial charge in [-0.2, -0.15) is 5.26 Å². The van der Waals surface area contributed by atoms with Gasteiger partial charge in [-0.3, -0.25) is 0 Å². The molecule has 0 atom stereocenters. The Labute approximate surface area is 146 Å². The summed E-state index contributed by atoms with van der Waals surface area (Å²) in [6, 6.07) is 11.4. The number of pyridine rings is 1. The summed E-state index contributed by atoms with van der Waals surface area (Å²) >= 11 is 0. The molecule has 0 amide bonds. The highest BCUT2D eigenvalue weighted by Crippen LogP contribution is 2.20. The second-order valence-corrected chi connectivity index (χ2v) is 5.95. The van der Waals surface area contributed by atoms with Crippen molar-refractivity contribution in [3.63, 3.8) is 0 Å². The Balaban J connectivity index is 1.59. The van der Waals surface area contributed by atoms with Gasteiger partial charge in [0.05, 0.1) is 17.3 Å². The Morgan fingerprint density at radius 2 is 2.08 bits per heavy atom. The number of ether oxygens (including phenoxy) is 2. The van der Waals surface area contributed by atoms with Crippen molar-refractivity contribution in [2.75, 3.05) is 13.1 Å². The first kappa shape index (κ1) is 17.2. The largest absolute Gasteiger partial charge is 0.484 e. The van der Waals surface area contributed by atoms with E-state index in [0.717, 1.165) is 32.0 Å². The third-order valence-corrected chi connectivity index (χ3v) is 4.04. The van der Waals surface area contributed by atoms with E-state index in [-0.39, 0.29) is 24.0 Å². The van der Waals surface area contributed by atoms with Gasteiger partial charge in [0.15, 0.2) is 11.6 Å². The van der Waals surface area contributed by atoms with Gasteiger partial charge in [-0.1, -0.05) is 6.07 Å². The average molecular weight is 340 g/mol. The van der Waals surface area contributed by atoms with Crippen LogP contribution in [0.25, 0.3) is 0 Å². The molecule has 1 fully saturated rings. The van der Waals surface area contributed by atoms with Crippen molar-refractivity contribution in [2.24, 2.45) is 0 Å². The molecule has 1 radical (unpaired) electrons. The second kappa shape index (κ2) is 7.95. The Morgan fingerprint density at radius 3 is 2.80 bits per heavy atom. The molecule has 2 aromatic rings. The smallest absolute Gasteiger partial charge is 0.213 e. The predicted molar refractivity (Wildman–Crippen MR) is 90.3 cm³/mol. The van der Waals surface area contributed by atoms with Crippen molar-refractivity contribution in [1.82, 2.24) is 9.88 Å². The Kier molecular flexibility index (Phi) is 5.46. The molecule has 5 nitrogen and oxygen atoms in total. The van der Waals surface area contributed by atoms with E-state index in [9.17, 15) is 4.39 Å². The van der Waals surface area contributed by atoms with E-state index >= 15 is 0 Å². The minimum absolute atomic E-state index is 0.0925. The van der Waals surface area contributed by atoms with Crippen LogP contribution in [0.15, 0.2) is 36.4 Å². The average Bonchev–Trinajstić information content (AvgIpc) is 2.63. The lowest BCUT2D eigenvalue weighted by atomic mass is 10.1. The van der Waals surface area contributed by atoms with Crippen molar-refractivity contribution in [3.05, 3.63) is 60.5 Å². The fraction of sp³-hybridized carbons (Fsp3) is 0.316. The molecule has 0 spiro atoms. The fourth-order valence-electron chi connectivity index (χ4n) is 2.64. The fourth-order valence-corrected chi connectivity index (χ4v) is 2.64. The number of rotatable bonds is 5. The van der Waals surface area contributed by atoms with E-state index in [2.05, 4.69) is 12.0 Å². The maximum Gasteiger partial charge on any atom is 0.213 e. The van der Waals surface area contributed by atoms with E-state index in [0.29, 0.717) is 11.6 Å². The molecule has 0 aliphatic carbocycles. The zero-order valence-corrected chi connectivity index (χ0v) is 13.8. The number of aromatic nitrogens is 1. The Bertz CT molecular complexity index is 768. The van der Waals surface area contributed by atoms with Crippen molar-refractivity contribution in [2.45, 2.75) is 25.6 Å². The zero-order valence-electron chi connectivity index (χ0n) is 13.8. The monoisotopic (exact) mass is 340 g/mol. The molecule has 6 heteroatoms. The van der Waals surface area contributed by atoms with Crippen molar-refractivity contribution in [3.8, 4) is 17.7 Å². The molecule has 1 aromatic heterocycles. The van der Waals surface area contributed by atoms with Gasteiger partial charge in [0.2, 0.25) is 5.88 Å². The molecule has 1 aliphatic heterocycles. The first-order chi connectivity index (χ1) is 12.1. The van der Waals surface area contributed by atoms with Crippen LogP contribution in [0.3, 0.4) is 0 Å². The van der Waals surface area contributed by atoms with Crippen LogP contribution in [0.1, 0.15) is 24.1 Å². The molecule has 2 heterocycles. The maximum absolute atomic E-state index is 13.8. The van der Waals surface area contributed by atoms with Crippen LogP contribution in [0.5, 0.6) is 11.6 Å². The van der Waals surface area contributed by atoms with Gasteiger partial charge in [0.1, 0.15) is 12.7 Å². The van der Waals surface area contributed by atoms with E-state index < -0.39 is 5.82 Å². The number of likely N-dealkylation sites (tertiary alicyclic amines) is 1. The molecule has 25 heavy (non-hydrogen) atoms. The molecule has 0 bridgehead atoms. The normalized spacial score (nSPS) is 15.6. The molecule has 1 aromatic carbocycles. The third kappa shape index (κ3) is 4.68. The van der Waals surface area contributed by atoms with E-state index in [1.54, 1.807) is 6.07 Å². The van der Waals surface area contributed by atoms with Gasteiger partial charge < -0.3 is 14.4 Å². The summed E-state index contributed by atoms with van der Waals surface area (Å²) in [5.74, 6) is 0.0743. The quantitative estimate of drug-likeness (QED) is 0.836. The molecule has 0 N–H and O–H groups in total. The minimum atomic E-state index is -0.564. The number of nitriles is 1. The number of benzene rings is 1. The first-order valence-corrected chi connectivity index (χ1v) is 8.14. The lowest BCUT2D eigenvalue weighted by Crippen LogP contribution is -2.34. The highest BCUT2D eigenvalue weighted by atomic mass is 19.1. The van der Waals surface area contributed by atoms with Crippen LogP contribution < -0.4 is 9.47 Å². The van der Waals surface area contributed by atoms with Crippen molar-refractivity contribution >= 4 is 0 Å². The van der Waals surface area contributed by atoms with E-state index in [1.165, 1.54) is 12.1 Å². The highest BCUT2D eigenvalue weighted by molar-refractivity contribution is 5.36. The minimum Gasteiger partial charge on any atom is -0.484 e. The van der Waals surface area contributed by atoms with Gasteiger partial charge >= 0.3 is 0 Å². The molecule has 0 saturated carbocycles.